The van der Waals surface area contributed by atoms with Crippen molar-refractivity contribution in [2.24, 2.45) is 5.73 Å². The van der Waals surface area contributed by atoms with E-state index in [9.17, 15) is 9.18 Å². The summed E-state index contributed by atoms with van der Waals surface area (Å²) < 4.78 is 15.2. The van der Waals surface area contributed by atoms with Gasteiger partial charge in [-0.1, -0.05) is 6.07 Å². The van der Waals surface area contributed by atoms with Crippen molar-refractivity contribution in [1.82, 2.24) is 10.0 Å². The first-order valence-electron chi connectivity index (χ1n) is 8.03. The maximum Gasteiger partial charge on any atom is 0.279 e. The summed E-state index contributed by atoms with van der Waals surface area (Å²) in [5.74, 6) is -0.529. The van der Waals surface area contributed by atoms with Crippen LogP contribution in [0.3, 0.4) is 0 Å². The standard InChI is InChI=1S/C18H15FIN3O2S/c19-14-7-11(20)4-3-10(14)6-15-16(13-2-1-5-22-17(13)26-15)18(24)23-8-12(21)9-25-23/h1-5,7,12H,6,8-9,21H2. The van der Waals surface area contributed by atoms with Gasteiger partial charge in [-0.2, -0.15) is 0 Å². The van der Waals surface area contributed by atoms with Crippen molar-refractivity contribution in [3.63, 3.8) is 0 Å². The largest absolute Gasteiger partial charge is 0.324 e. The number of benzene rings is 1. The number of hydrogen-bond acceptors (Lipinski definition) is 5. The molecule has 5 nitrogen and oxygen atoms in total. The summed E-state index contributed by atoms with van der Waals surface area (Å²) in [5.41, 5.74) is 6.91. The van der Waals surface area contributed by atoms with Gasteiger partial charge in [-0.25, -0.2) is 14.4 Å². The number of nitrogens with two attached hydrogens (primary N) is 1. The quantitative estimate of drug-likeness (QED) is 0.581. The molecule has 1 aliphatic heterocycles. The molecule has 1 aromatic carbocycles. The van der Waals surface area contributed by atoms with Crippen molar-refractivity contribution in [2.75, 3.05) is 13.2 Å². The van der Waals surface area contributed by atoms with Gasteiger partial charge in [0.2, 0.25) is 0 Å². The first kappa shape index (κ1) is 17.8. The van der Waals surface area contributed by atoms with Gasteiger partial charge in [0, 0.05) is 26.5 Å². The topological polar surface area (TPSA) is 68.5 Å². The lowest BCUT2D eigenvalue weighted by atomic mass is 10.0. The number of aromatic nitrogens is 1. The zero-order valence-electron chi connectivity index (χ0n) is 13.6. The monoisotopic (exact) mass is 483 g/mol. The van der Waals surface area contributed by atoms with Crippen LogP contribution in [0.2, 0.25) is 0 Å². The molecule has 1 saturated heterocycles. The Morgan fingerprint density at radius 1 is 1.46 bits per heavy atom. The van der Waals surface area contributed by atoms with E-state index in [1.54, 1.807) is 18.3 Å². The molecule has 1 aliphatic rings. The molecule has 0 spiro atoms. The molecule has 1 unspecified atom stereocenters. The number of pyridine rings is 1. The third-order valence-corrected chi connectivity index (χ3v) is 5.98. The number of nitrogens with zero attached hydrogens (tertiary/aromatic N) is 2. The summed E-state index contributed by atoms with van der Waals surface area (Å²) >= 11 is 3.48. The van der Waals surface area contributed by atoms with E-state index in [4.69, 9.17) is 10.6 Å². The number of hydroxylamine groups is 2. The fraction of sp³-hybridized carbons (Fsp3) is 0.222. The summed E-state index contributed by atoms with van der Waals surface area (Å²) in [6.07, 6.45) is 2.01. The SMILES string of the molecule is NC1CON(C(=O)c2c(Cc3ccc(I)cc3F)sc3ncccc23)C1. The Morgan fingerprint density at radius 3 is 3.04 bits per heavy atom. The number of hydrogen-bond donors (Lipinski definition) is 1. The van der Waals surface area contributed by atoms with Gasteiger partial charge >= 0.3 is 0 Å². The van der Waals surface area contributed by atoms with E-state index in [1.807, 2.05) is 12.1 Å². The number of carbonyl (C=O) groups excluding carboxylic acids is 1. The zero-order chi connectivity index (χ0) is 18.3. The van der Waals surface area contributed by atoms with E-state index < -0.39 is 0 Å². The fourth-order valence-electron chi connectivity index (χ4n) is 2.95. The Balaban J connectivity index is 1.77. The Morgan fingerprint density at radius 2 is 2.31 bits per heavy atom. The van der Waals surface area contributed by atoms with Crippen LogP contribution in [-0.4, -0.2) is 35.1 Å². The maximum atomic E-state index is 14.3. The van der Waals surface area contributed by atoms with Crippen molar-refractivity contribution in [3.05, 3.63) is 61.9 Å². The molecule has 0 bridgehead atoms. The molecule has 0 radical (unpaired) electrons. The third-order valence-electron chi connectivity index (χ3n) is 4.19. The summed E-state index contributed by atoms with van der Waals surface area (Å²) in [5, 5.41) is 2.06. The van der Waals surface area contributed by atoms with Crippen molar-refractivity contribution < 1.29 is 14.0 Å². The van der Waals surface area contributed by atoms with Gasteiger partial charge in [-0.15, -0.1) is 11.3 Å². The Labute approximate surface area is 167 Å². The summed E-state index contributed by atoms with van der Waals surface area (Å²) in [6, 6.07) is 8.55. The van der Waals surface area contributed by atoms with Gasteiger partial charge in [0.25, 0.3) is 5.91 Å². The van der Waals surface area contributed by atoms with Crippen LogP contribution in [0.4, 0.5) is 4.39 Å². The predicted octanol–water partition coefficient (Wildman–Crippen LogP) is 3.35. The molecular weight excluding hydrogens is 468 g/mol. The lowest BCUT2D eigenvalue weighted by molar-refractivity contribution is -0.0768. The van der Waals surface area contributed by atoms with E-state index >= 15 is 0 Å². The highest BCUT2D eigenvalue weighted by atomic mass is 127. The van der Waals surface area contributed by atoms with Crippen LogP contribution < -0.4 is 5.73 Å². The number of carbonyl (C=O) groups is 1. The summed E-state index contributed by atoms with van der Waals surface area (Å²) in [7, 11) is 0. The molecular formula is C18H15FIN3O2S. The van der Waals surface area contributed by atoms with Crippen molar-refractivity contribution in [2.45, 2.75) is 12.5 Å². The first-order valence-corrected chi connectivity index (χ1v) is 9.93. The summed E-state index contributed by atoms with van der Waals surface area (Å²) in [6.45, 7) is 0.654. The van der Waals surface area contributed by atoms with E-state index in [2.05, 4.69) is 27.6 Å². The molecule has 1 amide bonds. The average Bonchev–Trinajstić information content (AvgIpc) is 3.20. The zero-order valence-corrected chi connectivity index (χ0v) is 16.6. The molecule has 3 heterocycles. The van der Waals surface area contributed by atoms with E-state index in [1.165, 1.54) is 22.5 Å². The Hall–Kier alpha value is -1.62. The van der Waals surface area contributed by atoms with Crippen LogP contribution in [0, 0.1) is 9.39 Å². The molecule has 2 N–H and O–H groups in total. The van der Waals surface area contributed by atoms with Crippen LogP contribution in [-0.2, 0) is 11.3 Å². The van der Waals surface area contributed by atoms with E-state index in [0.717, 1.165) is 18.7 Å². The lowest BCUT2D eigenvalue weighted by Crippen LogP contribution is -2.31. The number of halogens is 2. The molecule has 134 valence electrons. The van der Waals surface area contributed by atoms with Gasteiger partial charge in [-0.05, 0) is 52.4 Å². The van der Waals surface area contributed by atoms with E-state index in [-0.39, 0.29) is 17.8 Å². The molecule has 0 aliphatic carbocycles. The van der Waals surface area contributed by atoms with E-state index in [0.29, 0.717) is 30.7 Å². The van der Waals surface area contributed by atoms with Gasteiger partial charge in [0.05, 0.1) is 24.8 Å². The third kappa shape index (κ3) is 3.34. The van der Waals surface area contributed by atoms with Crippen LogP contribution in [0.15, 0.2) is 36.5 Å². The second-order valence-electron chi connectivity index (χ2n) is 6.09. The maximum absolute atomic E-state index is 14.3. The summed E-state index contributed by atoms with van der Waals surface area (Å²) in [4.78, 5) is 24.3. The number of amides is 1. The van der Waals surface area contributed by atoms with Gasteiger partial charge in [0.1, 0.15) is 10.6 Å². The Bertz CT molecular complexity index is 994. The van der Waals surface area contributed by atoms with Crippen molar-refractivity contribution >= 4 is 50.1 Å². The van der Waals surface area contributed by atoms with Crippen molar-refractivity contribution in [1.29, 1.82) is 0 Å². The predicted molar refractivity (Wildman–Crippen MR) is 107 cm³/mol. The van der Waals surface area contributed by atoms with Gasteiger partial charge in [0.15, 0.2) is 0 Å². The van der Waals surface area contributed by atoms with Gasteiger partial charge < -0.3 is 5.73 Å². The molecule has 0 saturated carbocycles. The first-order chi connectivity index (χ1) is 12.5. The van der Waals surface area contributed by atoms with Crippen LogP contribution in [0.1, 0.15) is 20.8 Å². The number of fused-ring (bicyclic) bond motifs is 1. The second-order valence-corrected chi connectivity index (χ2v) is 8.42. The van der Waals surface area contributed by atoms with Crippen LogP contribution >= 0.6 is 33.9 Å². The molecule has 26 heavy (non-hydrogen) atoms. The number of thiophene rings is 1. The average molecular weight is 483 g/mol. The highest BCUT2D eigenvalue weighted by Crippen LogP contribution is 2.33. The molecule has 1 fully saturated rings. The van der Waals surface area contributed by atoms with Crippen LogP contribution in [0.25, 0.3) is 10.2 Å². The molecule has 8 heteroatoms. The number of rotatable bonds is 3. The highest BCUT2D eigenvalue weighted by molar-refractivity contribution is 14.1. The fourth-order valence-corrected chi connectivity index (χ4v) is 4.55. The minimum atomic E-state index is -0.278. The highest BCUT2D eigenvalue weighted by Gasteiger charge is 2.30. The smallest absolute Gasteiger partial charge is 0.279 e. The minimum Gasteiger partial charge on any atom is -0.324 e. The second kappa shape index (κ2) is 7.18. The molecule has 1 atom stereocenters. The molecule has 3 aromatic rings. The van der Waals surface area contributed by atoms with Gasteiger partial charge in [-0.3, -0.25) is 9.63 Å². The normalized spacial score (nSPS) is 17.2. The lowest BCUT2D eigenvalue weighted by Gasteiger charge is -2.15. The molecule has 2 aromatic heterocycles. The van der Waals surface area contributed by atoms with Crippen molar-refractivity contribution in [3.8, 4) is 0 Å². The molecule has 4 rings (SSSR count). The van der Waals surface area contributed by atoms with Crippen LogP contribution in [0.5, 0.6) is 0 Å². The minimum absolute atomic E-state index is 0.195. The Kier molecular flexibility index (Phi) is 4.91.